The number of para-hydroxylation sites is 1. The topological polar surface area (TPSA) is 64.2 Å². The van der Waals surface area contributed by atoms with Gasteiger partial charge in [-0.2, -0.15) is 0 Å². The van der Waals surface area contributed by atoms with E-state index in [1.165, 1.54) is 0 Å². The monoisotopic (exact) mass is 394 g/mol. The molecule has 0 saturated carbocycles. The van der Waals surface area contributed by atoms with Crippen molar-refractivity contribution in [2.45, 2.75) is 47.7 Å². The summed E-state index contributed by atoms with van der Waals surface area (Å²) in [5.41, 5.74) is 5.21. The van der Waals surface area contributed by atoms with Gasteiger partial charge in [0, 0.05) is 18.7 Å². The van der Waals surface area contributed by atoms with E-state index in [4.69, 9.17) is 4.74 Å². The fourth-order valence-corrected chi connectivity index (χ4v) is 3.74. The van der Waals surface area contributed by atoms with Crippen LogP contribution in [-0.2, 0) is 22.6 Å². The number of fused-ring (bicyclic) bond motifs is 1. The van der Waals surface area contributed by atoms with Crippen molar-refractivity contribution < 1.29 is 18.9 Å². The molecule has 1 N–H and O–H groups in total. The molecule has 0 spiro atoms. The Bertz CT molecular complexity index is 1060. The molecule has 0 atom stereocenters. The van der Waals surface area contributed by atoms with Crippen molar-refractivity contribution in [1.82, 2.24) is 4.57 Å². The van der Waals surface area contributed by atoms with Crippen LogP contribution in [0.4, 0.5) is 5.69 Å². The van der Waals surface area contributed by atoms with Crippen LogP contribution in [0.1, 0.15) is 41.2 Å². The molecule has 152 valence electrons. The van der Waals surface area contributed by atoms with Gasteiger partial charge >= 0.3 is 5.97 Å². The Morgan fingerprint density at radius 3 is 2.38 bits per heavy atom. The van der Waals surface area contributed by atoms with Crippen LogP contribution in [0.2, 0.25) is 0 Å². The molecule has 0 unspecified atom stereocenters. The number of imidazole rings is 1. The molecule has 0 bridgehead atoms. The third kappa shape index (κ3) is 4.01. The van der Waals surface area contributed by atoms with Crippen LogP contribution in [0.3, 0.4) is 0 Å². The van der Waals surface area contributed by atoms with E-state index >= 15 is 0 Å². The molecule has 1 heterocycles. The zero-order chi connectivity index (χ0) is 21.1. The number of ether oxygens (including phenoxy) is 1. The van der Waals surface area contributed by atoms with Gasteiger partial charge in [-0.25, -0.2) is 13.9 Å². The van der Waals surface area contributed by atoms with Gasteiger partial charge in [0.2, 0.25) is 0 Å². The fourth-order valence-electron chi connectivity index (χ4n) is 3.74. The van der Waals surface area contributed by atoms with Gasteiger partial charge in [-0.3, -0.25) is 4.79 Å². The zero-order valence-corrected chi connectivity index (χ0v) is 17.7. The van der Waals surface area contributed by atoms with Crippen LogP contribution < -0.4 is 9.88 Å². The van der Waals surface area contributed by atoms with Crippen molar-refractivity contribution in [3.63, 3.8) is 0 Å². The highest BCUT2D eigenvalue weighted by atomic mass is 16.5. The summed E-state index contributed by atoms with van der Waals surface area (Å²) in [6.45, 7) is 11.1. The second kappa shape index (κ2) is 8.47. The summed E-state index contributed by atoms with van der Waals surface area (Å²) in [4.78, 5) is 25.0. The predicted molar refractivity (Wildman–Crippen MR) is 113 cm³/mol. The number of carbonyl (C=O) groups is 2. The minimum atomic E-state index is -0.358. The fraction of sp³-hybridized carbons (Fsp3) is 0.348. The van der Waals surface area contributed by atoms with Gasteiger partial charge in [0.25, 0.3) is 11.7 Å². The number of nitrogens with zero attached hydrogens (tertiary/aromatic N) is 2. The number of benzene rings is 2. The average Bonchev–Trinajstić information content (AvgIpc) is 2.95. The zero-order valence-electron chi connectivity index (χ0n) is 17.7. The molecule has 3 aromatic rings. The molecule has 2 aromatic carbocycles. The number of hydrogen-bond acceptors (Lipinski definition) is 3. The van der Waals surface area contributed by atoms with Crippen LogP contribution in [0.25, 0.3) is 11.0 Å². The van der Waals surface area contributed by atoms with Crippen molar-refractivity contribution >= 4 is 28.6 Å². The number of anilines is 1. The molecule has 0 aliphatic carbocycles. The average molecular weight is 394 g/mol. The van der Waals surface area contributed by atoms with Crippen molar-refractivity contribution in [3.8, 4) is 0 Å². The lowest BCUT2D eigenvalue weighted by Gasteiger charge is -2.11. The van der Waals surface area contributed by atoms with Gasteiger partial charge in [0.15, 0.2) is 17.6 Å². The second-order valence-electron chi connectivity index (χ2n) is 7.12. The Morgan fingerprint density at radius 1 is 1.07 bits per heavy atom. The van der Waals surface area contributed by atoms with Crippen molar-refractivity contribution in [2.24, 2.45) is 0 Å². The van der Waals surface area contributed by atoms with Gasteiger partial charge < -0.3 is 10.1 Å². The summed E-state index contributed by atoms with van der Waals surface area (Å²) in [6, 6.07) is 11.4. The number of aryl methyl sites for hydroxylation is 3. The van der Waals surface area contributed by atoms with Gasteiger partial charge in [0.1, 0.15) is 0 Å². The number of aromatic nitrogens is 2. The standard InChI is InChI=1S/C23H27N3O3/c1-6-25-17(5)26(14-21(27)24-22-15(3)9-8-10-16(22)4)20-13-18(11-12-19(20)25)23(28)29-7-2/h8-13H,6-7,14H2,1-5H3/p+1. The Morgan fingerprint density at radius 2 is 1.76 bits per heavy atom. The number of nitrogens with one attached hydrogen (secondary N) is 1. The van der Waals surface area contributed by atoms with Crippen molar-refractivity contribution in [1.29, 1.82) is 0 Å². The van der Waals surface area contributed by atoms with Crippen LogP contribution in [0.15, 0.2) is 36.4 Å². The van der Waals surface area contributed by atoms with E-state index in [-0.39, 0.29) is 18.4 Å². The first-order chi connectivity index (χ1) is 13.9. The maximum atomic E-state index is 12.9. The number of rotatable bonds is 6. The van der Waals surface area contributed by atoms with Crippen LogP contribution in [-0.4, -0.2) is 23.1 Å². The van der Waals surface area contributed by atoms with Crippen LogP contribution >= 0.6 is 0 Å². The summed E-state index contributed by atoms with van der Waals surface area (Å²) in [5.74, 6) is 0.496. The lowest BCUT2D eigenvalue weighted by atomic mass is 10.1. The molecule has 0 fully saturated rings. The van der Waals surface area contributed by atoms with E-state index in [0.717, 1.165) is 40.2 Å². The molecule has 6 heteroatoms. The SMILES string of the molecule is CCOC(=O)c1ccc2c(c1)n(CC(=O)Nc1c(C)cccc1C)c(C)[n+]2CC. The van der Waals surface area contributed by atoms with Crippen molar-refractivity contribution in [3.05, 3.63) is 58.9 Å². The Labute approximate surface area is 171 Å². The highest BCUT2D eigenvalue weighted by Crippen LogP contribution is 2.21. The van der Waals surface area contributed by atoms with Gasteiger partial charge in [0.05, 0.1) is 18.7 Å². The van der Waals surface area contributed by atoms with Gasteiger partial charge in [-0.15, -0.1) is 0 Å². The first-order valence-electron chi connectivity index (χ1n) is 9.93. The first kappa shape index (κ1) is 20.6. The van der Waals surface area contributed by atoms with Crippen LogP contribution in [0.5, 0.6) is 0 Å². The molecule has 0 aliphatic rings. The number of amides is 1. The maximum Gasteiger partial charge on any atom is 0.338 e. The Balaban J connectivity index is 1.99. The van der Waals surface area contributed by atoms with E-state index in [0.29, 0.717) is 12.2 Å². The summed E-state index contributed by atoms with van der Waals surface area (Å²) >= 11 is 0. The summed E-state index contributed by atoms with van der Waals surface area (Å²) < 4.78 is 9.22. The minimum absolute atomic E-state index is 0.104. The lowest BCUT2D eigenvalue weighted by molar-refractivity contribution is -0.674. The maximum absolute atomic E-state index is 12.9. The largest absolute Gasteiger partial charge is 0.462 e. The Hall–Kier alpha value is -3.15. The van der Waals surface area contributed by atoms with E-state index in [1.54, 1.807) is 19.1 Å². The molecule has 1 aromatic heterocycles. The number of hydrogen-bond donors (Lipinski definition) is 1. The highest BCUT2D eigenvalue weighted by molar-refractivity contribution is 5.95. The van der Waals surface area contributed by atoms with Crippen LogP contribution in [0, 0.1) is 20.8 Å². The molecular weight excluding hydrogens is 366 g/mol. The predicted octanol–water partition coefficient (Wildman–Crippen LogP) is 3.69. The number of esters is 1. The first-order valence-corrected chi connectivity index (χ1v) is 9.93. The lowest BCUT2D eigenvalue weighted by Crippen LogP contribution is -2.35. The molecule has 6 nitrogen and oxygen atoms in total. The molecule has 0 aliphatic heterocycles. The quantitative estimate of drug-likeness (QED) is 0.512. The summed E-state index contributed by atoms with van der Waals surface area (Å²) in [5, 5.41) is 3.04. The second-order valence-corrected chi connectivity index (χ2v) is 7.12. The molecule has 29 heavy (non-hydrogen) atoms. The molecule has 3 rings (SSSR count). The normalized spacial score (nSPS) is 10.9. The molecular formula is C23H28N3O3+. The third-order valence-corrected chi connectivity index (χ3v) is 5.21. The molecule has 1 amide bonds. The van der Waals surface area contributed by atoms with Gasteiger partial charge in [-0.1, -0.05) is 18.2 Å². The summed E-state index contributed by atoms with van der Waals surface area (Å²) in [6.07, 6.45) is 0. The minimum Gasteiger partial charge on any atom is -0.462 e. The summed E-state index contributed by atoms with van der Waals surface area (Å²) in [7, 11) is 0. The van der Waals surface area contributed by atoms with E-state index < -0.39 is 0 Å². The van der Waals surface area contributed by atoms with Crippen molar-refractivity contribution in [2.75, 3.05) is 11.9 Å². The van der Waals surface area contributed by atoms with Gasteiger partial charge in [-0.05, 0) is 51.0 Å². The van der Waals surface area contributed by atoms with E-state index in [9.17, 15) is 9.59 Å². The third-order valence-electron chi connectivity index (χ3n) is 5.21. The molecule has 0 saturated heterocycles. The molecule has 0 radical (unpaired) electrons. The van der Waals surface area contributed by atoms with E-state index in [1.807, 2.05) is 49.6 Å². The Kier molecular flexibility index (Phi) is 6.01. The smallest absolute Gasteiger partial charge is 0.338 e. The highest BCUT2D eigenvalue weighted by Gasteiger charge is 2.24. The van der Waals surface area contributed by atoms with E-state index in [2.05, 4.69) is 16.8 Å². The number of carbonyl (C=O) groups excluding carboxylic acids is 2.